The number of ether oxygens (including phenoxy) is 2. The van der Waals surface area contributed by atoms with E-state index in [1.54, 1.807) is 6.92 Å². The fourth-order valence-electron chi connectivity index (χ4n) is 1.89. The van der Waals surface area contributed by atoms with Crippen LogP contribution in [-0.2, 0) is 19.1 Å². The quantitative estimate of drug-likeness (QED) is 0.453. The molecule has 0 aromatic heterocycles. The highest BCUT2D eigenvalue weighted by molar-refractivity contribution is 6.26. The Balaban J connectivity index is 2.82. The minimum Gasteiger partial charge on any atom is -0.461 e. The molecule has 0 radical (unpaired) electrons. The summed E-state index contributed by atoms with van der Waals surface area (Å²) in [6, 6.07) is 0. The number of carbonyl (C=O) groups is 2. The zero-order chi connectivity index (χ0) is 14.4. The van der Waals surface area contributed by atoms with E-state index in [1.165, 1.54) is 0 Å². The molecule has 0 N–H and O–H groups in total. The summed E-state index contributed by atoms with van der Waals surface area (Å²) >= 11 is 10.8. The Morgan fingerprint density at radius 3 is 2.42 bits per heavy atom. The average molecular weight is 305 g/mol. The lowest BCUT2D eigenvalue weighted by molar-refractivity contribution is -0.151. The number of esters is 2. The van der Waals surface area contributed by atoms with Gasteiger partial charge in [-0.25, -0.2) is 0 Å². The monoisotopic (exact) mass is 304 g/mol. The molecule has 0 amide bonds. The van der Waals surface area contributed by atoms with E-state index in [0.717, 1.165) is 5.57 Å². The maximum atomic E-state index is 11.2. The van der Waals surface area contributed by atoms with Crippen molar-refractivity contribution in [3.63, 3.8) is 0 Å². The van der Waals surface area contributed by atoms with Gasteiger partial charge in [0, 0.05) is 18.4 Å². The van der Waals surface area contributed by atoms with Crippen molar-refractivity contribution in [1.29, 1.82) is 0 Å². The Morgan fingerprint density at radius 2 is 1.89 bits per heavy atom. The average Bonchev–Trinajstić information content (AvgIpc) is 2.41. The van der Waals surface area contributed by atoms with Crippen molar-refractivity contribution in [1.82, 2.24) is 0 Å². The van der Waals surface area contributed by atoms with Crippen LogP contribution in [0.1, 0.15) is 19.8 Å². The molecule has 1 aliphatic rings. The molecule has 0 aliphatic heterocycles. The lowest BCUT2D eigenvalue weighted by atomic mass is 9.88. The minimum atomic E-state index is -0.535. The van der Waals surface area contributed by atoms with Gasteiger partial charge in [-0.15, -0.1) is 29.6 Å². The molecule has 2 atom stereocenters. The highest BCUT2D eigenvalue weighted by Crippen LogP contribution is 2.29. The summed E-state index contributed by atoms with van der Waals surface area (Å²) in [7, 11) is 0. The summed E-state index contributed by atoms with van der Waals surface area (Å²) in [6.07, 6.45) is 5.25. The maximum absolute atomic E-state index is 11.2. The van der Waals surface area contributed by atoms with Gasteiger partial charge < -0.3 is 9.47 Å². The predicted octanol–water partition coefficient (Wildman–Crippen LogP) is 2.03. The van der Waals surface area contributed by atoms with E-state index >= 15 is 0 Å². The molecule has 0 fully saturated rings. The van der Waals surface area contributed by atoms with Crippen molar-refractivity contribution < 1.29 is 19.1 Å². The zero-order valence-corrected chi connectivity index (χ0v) is 12.0. The van der Waals surface area contributed by atoms with Crippen LogP contribution in [0.5, 0.6) is 0 Å². The molecule has 19 heavy (non-hydrogen) atoms. The molecular weight excluding hydrogens is 291 g/mol. The second kappa shape index (κ2) is 7.42. The van der Waals surface area contributed by atoms with Gasteiger partial charge in [-0.2, -0.15) is 0 Å². The second-order valence-corrected chi connectivity index (χ2v) is 4.64. The van der Waals surface area contributed by atoms with Gasteiger partial charge in [0.05, 0.1) is 0 Å². The Labute approximate surface area is 122 Å². The van der Waals surface area contributed by atoms with Crippen LogP contribution in [0.2, 0.25) is 0 Å². The van der Waals surface area contributed by atoms with Crippen LogP contribution >= 0.6 is 23.2 Å². The minimum absolute atomic E-state index is 0.225. The van der Waals surface area contributed by atoms with E-state index in [1.807, 2.05) is 0 Å². The fraction of sp³-hybridized carbons (Fsp3) is 0.538. The summed E-state index contributed by atoms with van der Waals surface area (Å²) in [5, 5.41) is 0. The number of halogens is 2. The van der Waals surface area contributed by atoms with E-state index in [9.17, 15) is 9.59 Å². The molecule has 0 saturated carbocycles. The maximum Gasteiger partial charge on any atom is 0.321 e. The van der Waals surface area contributed by atoms with Crippen LogP contribution in [0.4, 0.5) is 0 Å². The van der Waals surface area contributed by atoms with E-state index in [4.69, 9.17) is 39.1 Å². The lowest BCUT2D eigenvalue weighted by Gasteiger charge is -2.30. The van der Waals surface area contributed by atoms with Crippen LogP contribution in [0.15, 0.2) is 11.1 Å². The molecule has 0 aromatic carbocycles. The topological polar surface area (TPSA) is 52.6 Å². The third-order valence-electron chi connectivity index (χ3n) is 2.83. The van der Waals surface area contributed by atoms with Gasteiger partial charge in [0.15, 0.2) is 0 Å². The summed E-state index contributed by atoms with van der Waals surface area (Å²) < 4.78 is 10.3. The van der Waals surface area contributed by atoms with Gasteiger partial charge in [-0.1, -0.05) is 5.92 Å². The summed E-state index contributed by atoms with van der Waals surface area (Å²) in [5.74, 6) is 1.01. The SMILES string of the molecule is C#CC1=C(C)[C@H](OC(=O)CCl)C[C@H](OC(=O)CCl)C1. The Hall–Kier alpha value is -1.18. The van der Waals surface area contributed by atoms with Gasteiger partial charge in [-0.3, -0.25) is 9.59 Å². The molecule has 0 unspecified atom stereocenters. The number of carbonyl (C=O) groups excluding carboxylic acids is 2. The molecule has 1 aliphatic carbocycles. The predicted molar refractivity (Wildman–Crippen MR) is 72.0 cm³/mol. The van der Waals surface area contributed by atoms with Gasteiger partial charge in [-0.05, 0) is 12.5 Å². The van der Waals surface area contributed by atoms with Crippen molar-refractivity contribution in [3.05, 3.63) is 11.1 Å². The number of alkyl halides is 2. The summed E-state index contributed by atoms with van der Waals surface area (Å²) in [4.78, 5) is 22.4. The highest BCUT2D eigenvalue weighted by atomic mass is 35.5. The third-order valence-corrected chi connectivity index (χ3v) is 3.27. The van der Waals surface area contributed by atoms with Crippen molar-refractivity contribution >= 4 is 35.1 Å². The summed E-state index contributed by atoms with van der Waals surface area (Å²) in [5.41, 5.74) is 1.46. The van der Waals surface area contributed by atoms with Crippen molar-refractivity contribution in [3.8, 4) is 12.3 Å². The highest BCUT2D eigenvalue weighted by Gasteiger charge is 2.31. The molecule has 104 valence electrons. The number of terminal acetylenes is 1. The normalized spacial score (nSPS) is 22.6. The van der Waals surface area contributed by atoms with E-state index < -0.39 is 24.1 Å². The zero-order valence-electron chi connectivity index (χ0n) is 10.4. The van der Waals surface area contributed by atoms with Crippen LogP contribution < -0.4 is 0 Å². The van der Waals surface area contributed by atoms with Crippen LogP contribution in [0.25, 0.3) is 0 Å². The van der Waals surface area contributed by atoms with Gasteiger partial charge in [0.2, 0.25) is 0 Å². The Kier molecular flexibility index (Phi) is 6.20. The number of hydrogen-bond acceptors (Lipinski definition) is 4. The van der Waals surface area contributed by atoms with Gasteiger partial charge in [0.1, 0.15) is 24.0 Å². The van der Waals surface area contributed by atoms with Crippen molar-refractivity contribution in [2.75, 3.05) is 11.8 Å². The first-order chi connectivity index (χ1) is 9.01. The Bertz CT molecular complexity index is 436. The van der Waals surface area contributed by atoms with Crippen LogP contribution in [0, 0.1) is 12.3 Å². The molecule has 4 nitrogen and oxygen atoms in total. The van der Waals surface area contributed by atoms with E-state index in [-0.39, 0.29) is 11.8 Å². The molecule has 0 saturated heterocycles. The van der Waals surface area contributed by atoms with Gasteiger partial charge in [0.25, 0.3) is 0 Å². The second-order valence-electron chi connectivity index (χ2n) is 4.10. The molecule has 6 heteroatoms. The van der Waals surface area contributed by atoms with Crippen LogP contribution in [-0.4, -0.2) is 35.9 Å². The molecule has 0 aromatic rings. The largest absolute Gasteiger partial charge is 0.461 e. The van der Waals surface area contributed by atoms with Crippen LogP contribution in [0.3, 0.4) is 0 Å². The first-order valence-corrected chi connectivity index (χ1v) is 6.75. The smallest absolute Gasteiger partial charge is 0.321 e. The van der Waals surface area contributed by atoms with Crippen molar-refractivity contribution in [2.45, 2.75) is 32.0 Å². The van der Waals surface area contributed by atoms with E-state index in [2.05, 4.69) is 5.92 Å². The lowest BCUT2D eigenvalue weighted by Crippen LogP contribution is -2.33. The number of hydrogen-bond donors (Lipinski definition) is 0. The molecule has 1 rings (SSSR count). The molecule has 0 spiro atoms. The standard InChI is InChI=1S/C13H14Cl2O4/c1-3-9-4-10(18-12(16)6-14)5-11(8(9)2)19-13(17)7-15/h1,10-11H,4-7H2,2H3/t10-,11-/m1/s1. The molecule has 0 heterocycles. The summed E-state index contributed by atoms with van der Waals surface area (Å²) in [6.45, 7) is 1.79. The Morgan fingerprint density at radius 1 is 1.32 bits per heavy atom. The first-order valence-electron chi connectivity index (χ1n) is 5.69. The first kappa shape index (κ1) is 15.9. The molecule has 0 bridgehead atoms. The third kappa shape index (κ3) is 4.45. The van der Waals surface area contributed by atoms with Crippen molar-refractivity contribution in [2.24, 2.45) is 0 Å². The van der Waals surface area contributed by atoms with Gasteiger partial charge >= 0.3 is 11.9 Å². The number of rotatable bonds is 4. The molecular formula is C13H14Cl2O4. The fourth-order valence-corrected chi connectivity index (χ4v) is 2.01. The van der Waals surface area contributed by atoms with E-state index in [0.29, 0.717) is 18.4 Å².